The molecule has 6 nitrogen and oxygen atoms in total. The quantitative estimate of drug-likeness (QED) is 0.540. The first-order valence-corrected chi connectivity index (χ1v) is 9.80. The van der Waals surface area contributed by atoms with E-state index in [1.165, 1.54) is 19.1 Å². The Bertz CT molecular complexity index is 1030. The fourth-order valence-electron chi connectivity index (χ4n) is 3.32. The van der Waals surface area contributed by atoms with Crippen LogP contribution >= 0.6 is 0 Å². The number of ether oxygens (including phenoxy) is 2. The molecule has 0 fully saturated rings. The third kappa shape index (κ3) is 4.04. The highest BCUT2D eigenvalue weighted by Gasteiger charge is 2.57. The van der Waals surface area contributed by atoms with Gasteiger partial charge in [-0.3, -0.25) is 4.79 Å². The van der Waals surface area contributed by atoms with Crippen molar-refractivity contribution < 1.29 is 36.9 Å². The van der Waals surface area contributed by atoms with Crippen molar-refractivity contribution in [2.45, 2.75) is 50.5 Å². The molecular formula is C22H24F4N2O4. The monoisotopic (exact) mass is 456 g/mol. The fourth-order valence-corrected chi connectivity index (χ4v) is 3.32. The lowest BCUT2D eigenvalue weighted by Crippen LogP contribution is -2.49. The number of fused-ring (bicyclic) bond motifs is 1. The topological polar surface area (TPSA) is 94.7 Å². The van der Waals surface area contributed by atoms with Gasteiger partial charge < -0.3 is 20.3 Å². The third-order valence-electron chi connectivity index (χ3n) is 5.23. The molecule has 2 heterocycles. The molecule has 1 aliphatic heterocycles. The predicted molar refractivity (Wildman–Crippen MR) is 107 cm³/mol. The van der Waals surface area contributed by atoms with Gasteiger partial charge in [0.25, 0.3) is 0 Å². The van der Waals surface area contributed by atoms with E-state index in [0.717, 1.165) is 18.2 Å². The molecule has 0 saturated carbocycles. The summed E-state index contributed by atoms with van der Waals surface area (Å²) in [4.78, 5) is 17.0. The van der Waals surface area contributed by atoms with Gasteiger partial charge in [-0.2, -0.15) is 13.2 Å². The summed E-state index contributed by atoms with van der Waals surface area (Å²) in [5.41, 5.74) is -1.09. The molecule has 0 amide bonds. The first-order valence-electron chi connectivity index (χ1n) is 9.80. The van der Waals surface area contributed by atoms with Gasteiger partial charge in [0.15, 0.2) is 0 Å². The van der Waals surface area contributed by atoms with Crippen LogP contribution in [0.1, 0.15) is 39.0 Å². The van der Waals surface area contributed by atoms with Crippen LogP contribution in [0.2, 0.25) is 0 Å². The van der Waals surface area contributed by atoms with Crippen LogP contribution in [-0.4, -0.2) is 41.0 Å². The van der Waals surface area contributed by atoms with Crippen LogP contribution in [0.4, 0.5) is 17.6 Å². The van der Waals surface area contributed by atoms with Gasteiger partial charge in [-0.1, -0.05) is 0 Å². The zero-order chi connectivity index (χ0) is 24.1. The van der Waals surface area contributed by atoms with E-state index in [0.29, 0.717) is 0 Å². The number of aromatic nitrogens is 1. The highest BCUT2D eigenvalue weighted by molar-refractivity contribution is 5.87. The Morgan fingerprint density at radius 3 is 2.34 bits per heavy atom. The molecule has 2 atom stereocenters. The number of benzene rings is 1. The molecule has 0 saturated heterocycles. The van der Waals surface area contributed by atoms with E-state index < -0.39 is 46.8 Å². The Morgan fingerprint density at radius 2 is 1.84 bits per heavy atom. The maximum absolute atomic E-state index is 13.8. The number of hydrogen-bond acceptors (Lipinski definition) is 6. The van der Waals surface area contributed by atoms with Crippen molar-refractivity contribution in [2.75, 3.05) is 13.2 Å². The van der Waals surface area contributed by atoms with Crippen molar-refractivity contribution in [3.63, 3.8) is 0 Å². The van der Waals surface area contributed by atoms with Gasteiger partial charge in [0.1, 0.15) is 34.9 Å². The molecule has 10 heteroatoms. The van der Waals surface area contributed by atoms with Crippen molar-refractivity contribution in [2.24, 2.45) is 5.73 Å². The van der Waals surface area contributed by atoms with Crippen molar-refractivity contribution in [1.29, 1.82) is 0 Å². The standard InChI is InChI=1S/C22H24F4N2O4/c1-19(2,3)32-18(29)20(4)11-31-17-14(20)9-15(21(30,10-27)22(24,25)26)28-16(17)12-5-7-13(23)8-6-12/h5-9,30H,10-11,27H2,1-4H3/t20-,21?/m0/s1. The molecule has 32 heavy (non-hydrogen) atoms. The molecule has 174 valence electrons. The molecule has 1 aromatic carbocycles. The van der Waals surface area contributed by atoms with Crippen molar-refractivity contribution in [3.05, 3.63) is 47.4 Å². The Hall–Kier alpha value is -2.72. The van der Waals surface area contributed by atoms with E-state index in [4.69, 9.17) is 15.2 Å². The molecule has 0 aliphatic carbocycles. The van der Waals surface area contributed by atoms with Crippen LogP contribution < -0.4 is 10.5 Å². The Morgan fingerprint density at radius 1 is 1.25 bits per heavy atom. The van der Waals surface area contributed by atoms with Gasteiger partial charge in [-0.05, 0) is 58.0 Å². The molecule has 3 rings (SSSR count). The number of halogens is 4. The number of aliphatic hydroxyl groups is 1. The van der Waals surface area contributed by atoms with Crippen molar-refractivity contribution in [1.82, 2.24) is 4.98 Å². The molecule has 0 radical (unpaired) electrons. The van der Waals surface area contributed by atoms with Crippen LogP contribution in [0.15, 0.2) is 30.3 Å². The summed E-state index contributed by atoms with van der Waals surface area (Å²) in [5, 5.41) is 10.4. The highest BCUT2D eigenvalue weighted by Crippen LogP contribution is 2.48. The van der Waals surface area contributed by atoms with Gasteiger partial charge in [-0.15, -0.1) is 0 Å². The van der Waals surface area contributed by atoms with Crippen molar-refractivity contribution >= 4 is 5.97 Å². The number of hydrogen-bond donors (Lipinski definition) is 2. The summed E-state index contributed by atoms with van der Waals surface area (Å²) in [5.74, 6) is -1.22. The van der Waals surface area contributed by atoms with Gasteiger partial charge in [-0.25, -0.2) is 9.37 Å². The average molecular weight is 456 g/mol. The SMILES string of the molecule is CC(C)(C)OC(=O)[C@@]1(C)COc2c1cc(C(O)(CN)C(F)(F)F)nc2-c1ccc(F)cc1. The van der Waals surface area contributed by atoms with E-state index >= 15 is 0 Å². The van der Waals surface area contributed by atoms with Crippen LogP contribution in [0.5, 0.6) is 5.75 Å². The normalized spacial score (nSPS) is 20.3. The Labute approximate surface area is 182 Å². The molecule has 1 aliphatic rings. The minimum absolute atomic E-state index is 0.0512. The van der Waals surface area contributed by atoms with E-state index in [2.05, 4.69) is 4.98 Å². The maximum Gasteiger partial charge on any atom is 0.424 e. The number of carbonyl (C=O) groups excluding carboxylic acids is 1. The number of pyridine rings is 1. The average Bonchev–Trinajstić information content (AvgIpc) is 3.03. The second-order valence-corrected chi connectivity index (χ2v) is 8.92. The third-order valence-corrected chi connectivity index (χ3v) is 5.23. The lowest BCUT2D eigenvalue weighted by molar-refractivity contribution is -0.263. The van der Waals surface area contributed by atoms with Gasteiger partial charge in [0, 0.05) is 17.7 Å². The minimum atomic E-state index is -5.15. The van der Waals surface area contributed by atoms with Crippen LogP contribution in [-0.2, 0) is 20.5 Å². The number of esters is 1. The van der Waals surface area contributed by atoms with E-state index in [1.54, 1.807) is 20.8 Å². The second kappa shape index (κ2) is 7.70. The first-order chi connectivity index (χ1) is 14.6. The van der Waals surface area contributed by atoms with Crippen LogP contribution in [0, 0.1) is 5.82 Å². The summed E-state index contributed by atoms with van der Waals surface area (Å²) >= 11 is 0. The van der Waals surface area contributed by atoms with Gasteiger partial charge in [0.2, 0.25) is 5.60 Å². The molecule has 0 spiro atoms. The zero-order valence-electron chi connectivity index (χ0n) is 18.0. The molecular weight excluding hydrogens is 432 g/mol. The first kappa shape index (κ1) is 23.9. The number of rotatable bonds is 4. The Balaban J connectivity index is 2.29. The maximum atomic E-state index is 13.8. The van der Waals surface area contributed by atoms with E-state index in [1.807, 2.05) is 0 Å². The van der Waals surface area contributed by atoms with E-state index in [-0.39, 0.29) is 29.2 Å². The number of alkyl halides is 3. The molecule has 1 aromatic heterocycles. The number of carbonyl (C=O) groups is 1. The fraction of sp³-hybridized carbons (Fsp3) is 0.455. The lowest BCUT2D eigenvalue weighted by atomic mass is 9.82. The molecule has 0 bridgehead atoms. The molecule has 2 aromatic rings. The van der Waals surface area contributed by atoms with Gasteiger partial charge >= 0.3 is 12.1 Å². The lowest BCUT2D eigenvalue weighted by Gasteiger charge is -2.31. The number of nitrogens with two attached hydrogens (primary N) is 1. The summed E-state index contributed by atoms with van der Waals surface area (Å²) in [6.07, 6.45) is -5.15. The van der Waals surface area contributed by atoms with Crippen LogP contribution in [0.25, 0.3) is 11.3 Å². The van der Waals surface area contributed by atoms with Crippen molar-refractivity contribution in [3.8, 4) is 17.0 Å². The summed E-state index contributed by atoms with van der Waals surface area (Å²) in [6, 6.07) is 5.81. The van der Waals surface area contributed by atoms with Gasteiger partial charge in [0.05, 0.1) is 5.69 Å². The van der Waals surface area contributed by atoms with Crippen LogP contribution in [0.3, 0.4) is 0 Å². The largest absolute Gasteiger partial charge is 0.489 e. The number of nitrogens with zero attached hydrogens (tertiary/aromatic N) is 1. The molecule has 3 N–H and O–H groups in total. The predicted octanol–water partition coefficient (Wildman–Crippen LogP) is 3.59. The smallest absolute Gasteiger partial charge is 0.424 e. The van der Waals surface area contributed by atoms with E-state index in [9.17, 15) is 27.5 Å². The summed E-state index contributed by atoms with van der Waals surface area (Å²) < 4.78 is 65.9. The minimum Gasteiger partial charge on any atom is -0.489 e. The highest BCUT2D eigenvalue weighted by atomic mass is 19.4. The zero-order valence-corrected chi connectivity index (χ0v) is 18.0. The summed E-state index contributed by atoms with van der Waals surface area (Å²) in [6.45, 7) is 5.02. The summed E-state index contributed by atoms with van der Waals surface area (Å²) in [7, 11) is 0. The second-order valence-electron chi connectivity index (χ2n) is 8.92. The Kier molecular flexibility index (Phi) is 5.76. The molecule has 1 unspecified atom stereocenters.